The lowest BCUT2D eigenvalue weighted by Crippen LogP contribution is -1.95. The van der Waals surface area contributed by atoms with Crippen molar-refractivity contribution in [3.05, 3.63) is 29.0 Å². The lowest BCUT2D eigenvalue weighted by atomic mass is 10.2. The molecule has 0 spiro atoms. The Balaban J connectivity index is 2.67. The van der Waals surface area contributed by atoms with E-state index in [1.165, 1.54) is 0 Å². The number of imidazole rings is 1. The van der Waals surface area contributed by atoms with E-state index in [-0.39, 0.29) is 0 Å². The summed E-state index contributed by atoms with van der Waals surface area (Å²) in [7, 11) is 0. The summed E-state index contributed by atoms with van der Waals surface area (Å²) in [4.78, 5) is 4.41. The van der Waals surface area contributed by atoms with Crippen molar-refractivity contribution in [2.24, 2.45) is 0 Å². The van der Waals surface area contributed by atoms with Crippen molar-refractivity contribution in [2.75, 3.05) is 5.73 Å². The molecule has 2 rings (SSSR count). The molecule has 0 bridgehead atoms. The number of pyridine rings is 1. The Labute approximate surface area is 87.5 Å². The molecule has 4 heteroatoms. The first-order chi connectivity index (χ1) is 6.74. The summed E-state index contributed by atoms with van der Waals surface area (Å²) >= 11 is 6.00. The second-order valence-corrected chi connectivity index (χ2v) is 3.65. The molecule has 0 atom stereocenters. The SMILES string of the molecule is CCCc1nc2c(Cl)cccn2c1N. The molecule has 0 aliphatic heterocycles. The smallest absolute Gasteiger partial charge is 0.157 e. The third-order valence-corrected chi connectivity index (χ3v) is 2.50. The largest absolute Gasteiger partial charge is 0.383 e. The van der Waals surface area contributed by atoms with Crippen molar-refractivity contribution in [1.82, 2.24) is 9.38 Å². The molecule has 14 heavy (non-hydrogen) atoms. The van der Waals surface area contributed by atoms with Gasteiger partial charge in [0, 0.05) is 6.20 Å². The number of anilines is 1. The third kappa shape index (κ3) is 1.34. The van der Waals surface area contributed by atoms with Crippen molar-refractivity contribution in [3.63, 3.8) is 0 Å². The zero-order valence-electron chi connectivity index (χ0n) is 8.00. The average Bonchev–Trinajstić information content (AvgIpc) is 2.48. The van der Waals surface area contributed by atoms with Gasteiger partial charge in [-0.2, -0.15) is 0 Å². The van der Waals surface area contributed by atoms with Crippen LogP contribution >= 0.6 is 11.6 Å². The van der Waals surface area contributed by atoms with Crippen LogP contribution in [-0.2, 0) is 6.42 Å². The number of hydrogen-bond acceptors (Lipinski definition) is 2. The topological polar surface area (TPSA) is 43.3 Å². The molecule has 3 nitrogen and oxygen atoms in total. The van der Waals surface area contributed by atoms with E-state index in [4.69, 9.17) is 17.3 Å². The number of rotatable bonds is 2. The number of halogens is 1. The Morgan fingerprint density at radius 3 is 3.00 bits per heavy atom. The molecular formula is C10H12ClN3. The van der Waals surface area contributed by atoms with Crippen molar-refractivity contribution in [1.29, 1.82) is 0 Å². The normalized spacial score (nSPS) is 11.0. The number of nitrogen functional groups attached to an aromatic ring is 1. The van der Waals surface area contributed by atoms with E-state index in [1.807, 2.05) is 22.7 Å². The van der Waals surface area contributed by atoms with Gasteiger partial charge in [-0.15, -0.1) is 0 Å². The van der Waals surface area contributed by atoms with E-state index < -0.39 is 0 Å². The Kier molecular flexibility index (Phi) is 2.33. The molecule has 0 aliphatic rings. The summed E-state index contributed by atoms with van der Waals surface area (Å²) in [6, 6.07) is 3.68. The molecule has 2 N–H and O–H groups in total. The van der Waals surface area contributed by atoms with Gasteiger partial charge in [0.2, 0.25) is 0 Å². The summed E-state index contributed by atoms with van der Waals surface area (Å²) < 4.78 is 1.83. The van der Waals surface area contributed by atoms with Crippen LogP contribution in [0.25, 0.3) is 5.65 Å². The zero-order valence-corrected chi connectivity index (χ0v) is 8.75. The minimum atomic E-state index is 0.640. The van der Waals surface area contributed by atoms with E-state index in [9.17, 15) is 0 Å². The fourth-order valence-corrected chi connectivity index (χ4v) is 1.73. The van der Waals surface area contributed by atoms with E-state index in [0.717, 1.165) is 24.2 Å². The summed E-state index contributed by atoms with van der Waals surface area (Å²) in [5.74, 6) is 0.698. The van der Waals surface area contributed by atoms with Gasteiger partial charge in [-0.05, 0) is 18.6 Å². The zero-order chi connectivity index (χ0) is 10.1. The van der Waals surface area contributed by atoms with Crippen LogP contribution in [0.4, 0.5) is 5.82 Å². The first-order valence-electron chi connectivity index (χ1n) is 4.65. The van der Waals surface area contributed by atoms with Gasteiger partial charge in [-0.1, -0.05) is 24.9 Å². The Morgan fingerprint density at radius 2 is 2.36 bits per heavy atom. The fraction of sp³-hybridized carbons (Fsp3) is 0.300. The Bertz CT molecular complexity index is 462. The van der Waals surface area contributed by atoms with E-state index in [0.29, 0.717) is 10.8 Å². The summed E-state index contributed by atoms with van der Waals surface area (Å²) in [5, 5.41) is 0.640. The van der Waals surface area contributed by atoms with Gasteiger partial charge >= 0.3 is 0 Å². The first kappa shape index (κ1) is 9.34. The maximum Gasteiger partial charge on any atom is 0.157 e. The van der Waals surface area contributed by atoms with E-state index >= 15 is 0 Å². The summed E-state index contributed by atoms with van der Waals surface area (Å²) in [5.41, 5.74) is 7.61. The van der Waals surface area contributed by atoms with Crippen LogP contribution in [0.2, 0.25) is 5.02 Å². The number of aryl methyl sites for hydroxylation is 1. The van der Waals surface area contributed by atoms with E-state index in [1.54, 1.807) is 0 Å². The lowest BCUT2D eigenvalue weighted by molar-refractivity contribution is 0.897. The van der Waals surface area contributed by atoms with Crippen LogP contribution < -0.4 is 5.73 Å². The molecule has 0 fully saturated rings. The third-order valence-electron chi connectivity index (χ3n) is 2.20. The van der Waals surface area contributed by atoms with Crippen molar-refractivity contribution in [3.8, 4) is 0 Å². The second-order valence-electron chi connectivity index (χ2n) is 3.24. The molecule has 2 aromatic heterocycles. The molecule has 0 aromatic carbocycles. The molecule has 74 valence electrons. The van der Waals surface area contributed by atoms with Gasteiger partial charge in [0.25, 0.3) is 0 Å². The second kappa shape index (κ2) is 3.50. The monoisotopic (exact) mass is 209 g/mol. The van der Waals surface area contributed by atoms with Crippen molar-refractivity contribution in [2.45, 2.75) is 19.8 Å². The molecule has 0 saturated carbocycles. The molecule has 0 amide bonds. The highest BCUT2D eigenvalue weighted by Crippen LogP contribution is 2.22. The van der Waals surface area contributed by atoms with Crippen LogP contribution in [-0.4, -0.2) is 9.38 Å². The van der Waals surface area contributed by atoms with Crippen molar-refractivity contribution >= 4 is 23.1 Å². The van der Waals surface area contributed by atoms with Crippen LogP contribution in [0.3, 0.4) is 0 Å². The lowest BCUT2D eigenvalue weighted by Gasteiger charge is -1.96. The first-order valence-corrected chi connectivity index (χ1v) is 5.02. The standard InChI is InChI=1S/C10H12ClN3/c1-2-4-8-9(12)14-6-3-5-7(11)10(14)13-8/h3,5-6H,2,4,12H2,1H3. The van der Waals surface area contributed by atoms with Crippen LogP contribution in [0.5, 0.6) is 0 Å². The predicted octanol–water partition coefficient (Wildman–Crippen LogP) is 2.52. The highest BCUT2D eigenvalue weighted by Gasteiger charge is 2.09. The molecule has 0 saturated heterocycles. The maximum atomic E-state index is 6.00. The number of hydrogen-bond donors (Lipinski definition) is 1. The quantitative estimate of drug-likeness (QED) is 0.826. The van der Waals surface area contributed by atoms with Crippen molar-refractivity contribution < 1.29 is 0 Å². The van der Waals surface area contributed by atoms with Crippen LogP contribution in [0, 0.1) is 0 Å². The van der Waals surface area contributed by atoms with E-state index in [2.05, 4.69) is 11.9 Å². The van der Waals surface area contributed by atoms with Crippen LogP contribution in [0.1, 0.15) is 19.0 Å². The highest BCUT2D eigenvalue weighted by atomic mass is 35.5. The minimum Gasteiger partial charge on any atom is -0.383 e. The number of aromatic nitrogens is 2. The average molecular weight is 210 g/mol. The maximum absolute atomic E-state index is 6.00. The van der Waals surface area contributed by atoms with Gasteiger partial charge in [0.15, 0.2) is 5.65 Å². The molecule has 2 aromatic rings. The Morgan fingerprint density at radius 1 is 1.57 bits per heavy atom. The number of nitrogens with two attached hydrogens (primary N) is 1. The summed E-state index contributed by atoms with van der Waals surface area (Å²) in [6.07, 6.45) is 3.80. The Hall–Kier alpha value is -1.22. The summed E-state index contributed by atoms with van der Waals surface area (Å²) in [6.45, 7) is 2.10. The van der Waals surface area contributed by atoms with Gasteiger partial charge in [-0.25, -0.2) is 4.98 Å². The molecule has 0 aliphatic carbocycles. The van der Waals surface area contributed by atoms with Gasteiger partial charge in [-0.3, -0.25) is 4.40 Å². The van der Waals surface area contributed by atoms with Crippen LogP contribution in [0.15, 0.2) is 18.3 Å². The van der Waals surface area contributed by atoms with Gasteiger partial charge < -0.3 is 5.73 Å². The number of nitrogens with zero attached hydrogens (tertiary/aromatic N) is 2. The predicted molar refractivity (Wildman–Crippen MR) is 58.6 cm³/mol. The van der Waals surface area contributed by atoms with Gasteiger partial charge in [0.1, 0.15) is 5.82 Å². The minimum absolute atomic E-state index is 0.640. The molecular weight excluding hydrogens is 198 g/mol. The highest BCUT2D eigenvalue weighted by molar-refractivity contribution is 6.33. The number of fused-ring (bicyclic) bond motifs is 1. The van der Waals surface area contributed by atoms with Gasteiger partial charge in [0.05, 0.1) is 10.7 Å². The fourth-order valence-electron chi connectivity index (χ4n) is 1.52. The molecule has 2 heterocycles. The molecule has 0 radical (unpaired) electrons. The molecule has 0 unspecified atom stereocenters.